The van der Waals surface area contributed by atoms with Gasteiger partial charge in [0.25, 0.3) is 5.91 Å². The van der Waals surface area contributed by atoms with Gasteiger partial charge >= 0.3 is 6.18 Å². The number of rotatable bonds is 4. The van der Waals surface area contributed by atoms with Crippen molar-refractivity contribution in [2.75, 3.05) is 6.54 Å². The van der Waals surface area contributed by atoms with Crippen molar-refractivity contribution in [3.05, 3.63) is 71.1 Å². The van der Waals surface area contributed by atoms with Crippen molar-refractivity contribution >= 4 is 17.5 Å². The number of halogens is 4. The van der Waals surface area contributed by atoms with Gasteiger partial charge in [0.05, 0.1) is 17.2 Å². The SMILES string of the molecule is C[C@H]1[C@H](Oc2ncc(C(F)(F)F)cc2Cl)CCCN1C(=O)c1ccccc1-c1ncccn1. The van der Waals surface area contributed by atoms with E-state index in [2.05, 4.69) is 15.0 Å². The van der Waals surface area contributed by atoms with E-state index in [1.54, 1.807) is 41.6 Å². The highest BCUT2D eigenvalue weighted by Crippen LogP contribution is 2.34. The largest absolute Gasteiger partial charge is 0.471 e. The topological polar surface area (TPSA) is 68.2 Å². The normalized spacial score (nSPS) is 18.8. The molecule has 1 aliphatic heterocycles. The lowest BCUT2D eigenvalue weighted by molar-refractivity contribution is -0.137. The monoisotopic (exact) mass is 476 g/mol. The Morgan fingerprint density at radius 2 is 1.88 bits per heavy atom. The molecule has 6 nitrogen and oxygen atoms in total. The summed E-state index contributed by atoms with van der Waals surface area (Å²) in [6, 6.07) is 9.22. The lowest BCUT2D eigenvalue weighted by atomic mass is 9.97. The Morgan fingerprint density at radius 3 is 2.58 bits per heavy atom. The molecule has 1 aliphatic rings. The van der Waals surface area contributed by atoms with Crippen LogP contribution in [0.15, 0.2) is 55.0 Å². The second kappa shape index (κ2) is 9.35. The van der Waals surface area contributed by atoms with Gasteiger partial charge in [0, 0.05) is 30.7 Å². The van der Waals surface area contributed by atoms with Crippen LogP contribution in [0, 0.1) is 0 Å². The number of benzene rings is 1. The summed E-state index contributed by atoms with van der Waals surface area (Å²) in [5.74, 6) is 0.152. The van der Waals surface area contributed by atoms with Crippen molar-refractivity contribution in [1.82, 2.24) is 19.9 Å². The van der Waals surface area contributed by atoms with Gasteiger partial charge in [-0.2, -0.15) is 13.2 Å². The van der Waals surface area contributed by atoms with Crippen LogP contribution >= 0.6 is 11.6 Å². The molecular weight excluding hydrogens is 457 g/mol. The minimum absolute atomic E-state index is 0.0890. The lowest BCUT2D eigenvalue weighted by Gasteiger charge is -2.39. The third-order valence-corrected chi connectivity index (χ3v) is 5.81. The Kier molecular flexibility index (Phi) is 6.51. The molecule has 0 radical (unpaired) electrons. The van der Waals surface area contributed by atoms with E-state index in [1.165, 1.54) is 0 Å². The summed E-state index contributed by atoms with van der Waals surface area (Å²) >= 11 is 6.00. The first kappa shape index (κ1) is 23.0. The zero-order valence-electron chi connectivity index (χ0n) is 17.6. The second-order valence-electron chi connectivity index (χ2n) is 7.66. The molecule has 1 saturated heterocycles. The van der Waals surface area contributed by atoms with Gasteiger partial charge in [-0.3, -0.25) is 4.79 Å². The number of carbonyl (C=O) groups excluding carboxylic acids is 1. The number of aromatic nitrogens is 3. The Labute approximate surface area is 193 Å². The molecule has 4 rings (SSSR count). The zero-order chi connectivity index (χ0) is 23.6. The fourth-order valence-electron chi connectivity index (χ4n) is 3.82. The van der Waals surface area contributed by atoms with Crippen molar-refractivity contribution in [3.63, 3.8) is 0 Å². The number of carbonyl (C=O) groups is 1. The van der Waals surface area contributed by atoms with Crippen LogP contribution in [-0.4, -0.2) is 44.4 Å². The first-order valence-electron chi connectivity index (χ1n) is 10.3. The summed E-state index contributed by atoms with van der Waals surface area (Å²) in [4.78, 5) is 27.4. The Balaban J connectivity index is 1.55. The fraction of sp³-hybridized carbons (Fsp3) is 0.304. The maximum absolute atomic E-state index is 13.5. The predicted molar refractivity (Wildman–Crippen MR) is 116 cm³/mol. The van der Waals surface area contributed by atoms with Crippen molar-refractivity contribution < 1.29 is 22.7 Å². The van der Waals surface area contributed by atoms with Gasteiger partial charge in [-0.25, -0.2) is 15.0 Å². The van der Waals surface area contributed by atoms with Gasteiger partial charge < -0.3 is 9.64 Å². The molecule has 0 saturated carbocycles. The summed E-state index contributed by atoms with van der Waals surface area (Å²) in [5, 5.41) is -0.230. The summed E-state index contributed by atoms with van der Waals surface area (Å²) in [5.41, 5.74) is 0.126. The van der Waals surface area contributed by atoms with Crippen molar-refractivity contribution in [3.8, 4) is 17.3 Å². The van der Waals surface area contributed by atoms with Crippen LogP contribution in [0.25, 0.3) is 11.4 Å². The van der Waals surface area contributed by atoms with Crippen LogP contribution in [0.5, 0.6) is 5.88 Å². The molecule has 0 unspecified atom stereocenters. The third kappa shape index (κ3) is 4.93. The van der Waals surface area contributed by atoms with E-state index in [-0.39, 0.29) is 22.9 Å². The molecule has 1 aromatic carbocycles. The zero-order valence-corrected chi connectivity index (χ0v) is 18.3. The Hall–Kier alpha value is -3.20. The predicted octanol–water partition coefficient (Wildman–Crippen LogP) is 5.28. The van der Waals surface area contributed by atoms with E-state index in [1.807, 2.05) is 13.0 Å². The smallest absolute Gasteiger partial charge is 0.417 e. The average molecular weight is 477 g/mol. The number of pyridine rings is 1. The number of nitrogens with zero attached hydrogens (tertiary/aromatic N) is 4. The quantitative estimate of drug-likeness (QED) is 0.512. The number of ether oxygens (including phenoxy) is 1. The van der Waals surface area contributed by atoms with Gasteiger partial charge in [0.2, 0.25) is 5.88 Å². The molecule has 10 heteroatoms. The van der Waals surface area contributed by atoms with Crippen LogP contribution in [0.2, 0.25) is 5.02 Å². The third-order valence-electron chi connectivity index (χ3n) is 5.54. The molecule has 2 atom stereocenters. The first-order valence-corrected chi connectivity index (χ1v) is 10.7. The maximum atomic E-state index is 13.5. The second-order valence-corrected chi connectivity index (χ2v) is 8.07. The molecule has 2 aromatic heterocycles. The van der Waals surface area contributed by atoms with Crippen LogP contribution in [0.1, 0.15) is 35.7 Å². The van der Waals surface area contributed by atoms with Gasteiger partial charge in [0.15, 0.2) is 5.82 Å². The highest BCUT2D eigenvalue weighted by Gasteiger charge is 2.36. The van der Waals surface area contributed by atoms with Crippen molar-refractivity contribution in [2.24, 2.45) is 0 Å². The molecule has 1 fully saturated rings. The molecule has 0 bridgehead atoms. The number of piperidine rings is 1. The van der Waals surface area contributed by atoms with Crippen molar-refractivity contribution in [1.29, 1.82) is 0 Å². The number of hydrogen-bond donors (Lipinski definition) is 0. The van der Waals surface area contributed by atoms with E-state index in [0.717, 1.165) is 6.07 Å². The number of alkyl halides is 3. The van der Waals surface area contributed by atoms with E-state index in [0.29, 0.717) is 42.5 Å². The van der Waals surface area contributed by atoms with Crippen LogP contribution in [0.4, 0.5) is 13.2 Å². The summed E-state index contributed by atoms with van der Waals surface area (Å²) in [6.45, 7) is 2.35. The van der Waals surface area contributed by atoms with E-state index in [9.17, 15) is 18.0 Å². The molecule has 0 N–H and O–H groups in total. The average Bonchev–Trinajstić information content (AvgIpc) is 2.81. The van der Waals surface area contributed by atoms with E-state index < -0.39 is 17.8 Å². The lowest BCUT2D eigenvalue weighted by Crippen LogP contribution is -2.51. The summed E-state index contributed by atoms with van der Waals surface area (Å²) in [6.07, 6.45) is 0.135. The molecule has 172 valence electrons. The minimum atomic E-state index is -4.55. The maximum Gasteiger partial charge on any atom is 0.417 e. The van der Waals surface area contributed by atoms with Gasteiger partial charge in [-0.15, -0.1) is 0 Å². The molecule has 33 heavy (non-hydrogen) atoms. The summed E-state index contributed by atoms with van der Waals surface area (Å²) in [7, 11) is 0. The van der Waals surface area contributed by atoms with Crippen LogP contribution in [-0.2, 0) is 6.18 Å². The van der Waals surface area contributed by atoms with Gasteiger partial charge in [-0.05, 0) is 38.0 Å². The van der Waals surface area contributed by atoms with Gasteiger partial charge in [0.1, 0.15) is 11.1 Å². The molecule has 1 amide bonds. The number of likely N-dealkylation sites (tertiary alicyclic amines) is 1. The van der Waals surface area contributed by atoms with Crippen molar-refractivity contribution in [2.45, 2.75) is 38.1 Å². The summed E-state index contributed by atoms with van der Waals surface area (Å²) < 4.78 is 44.5. The standard InChI is InChI=1S/C23H20ClF3N4O2/c1-14-19(33-21-18(24)12-15(13-30-21)23(25,26)27)8-4-11-31(14)22(32)17-7-3-2-6-16(17)20-28-9-5-10-29-20/h2-3,5-7,9-10,12-14,19H,4,8,11H2,1H3/t14-,19+/m0/s1. The highest BCUT2D eigenvalue weighted by molar-refractivity contribution is 6.31. The van der Waals surface area contributed by atoms with Gasteiger partial charge in [-0.1, -0.05) is 29.8 Å². The first-order chi connectivity index (χ1) is 15.8. The molecular formula is C23H20ClF3N4O2. The molecule has 0 aliphatic carbocycles. The molecule has 3 heterocycles. The minimum Gasteiger partial charge on any atom is -0.471 e. The van der Waals surface area contributed by atoms with E-state index >= 15 is 0 Å². The van der Waals surface area contributed by atoms with E-state index in [4.69, 9.17) is 16.3 Å². The van der Waals surface area contributed by atoms with Crippen LogP contribution < -0.4 is 4.74 Å². The number of amides is 1. The molecule has 3 aromatic rings. The molecule has 0 spiro atoms. The number of hydrogen-bond acceptors (Lipinski definition) is 5. The highest BCUT2D eigenvalue weighted by atomic mass is 35.5. The Morgan fingerprint density at radius 1 is 1.15 bits per heavy atom. The fourth-order valence-corrected chi connectivity index (χ4v) is 4.03. The van der Waals surface area contributed by atoms with Crippen LogP contribution in [0.3, 0.4) is 0 Å². The Bertz CT molecular complexity index is 1140.